The van der Waals surface area contributed by atoms with Crippen molar-refractivity contribution in [1.29, 1.82) is 0 Å². The number of urea groups is 1. The van der Waals surface area contributed by atoms with E-state index in [1.807, 2.05) is 0 Å². The van der Waals surface area contributed by atoms with Crippen LogP contribution in [0.4, 0.5) is 9.18 Å². The van der Waals surface area contributed by atoms with Crippen LogP contribution in [0.15, 0.2) is 24.3 Å². The second-order valence-electron chi connectivity index (χ2n) is 6.31. The van der Waals surface area contributed by atoms with E-state index in [-0.39, 0.29) is 69.3 Å². The maximum atomic E-state index is 13.0. The predicted molar refractivity (Wildman–Crippen MR) is 88.1 cm³/mol. The largest absolute Gasteiger partial charge is 1.00 e. The number of nitrogens with zero attached hydrogens (tertiary/aromatic N) is 1. The number of amides is 2. The van der Waals surface area contributed by atoms with E-state index in [1.165, 1.54) is 28.8 Å². The number of hydrogen-bond donors (Lipinski definition) is 1. The van der Waals surface area contributed by atoms with Gasteiger partial charge in [0, 0.05) is 24.1 Å². The molecule has 1 aliphatic heterocycles. The van der Waals surface area contributed by atoms with Crippen molar-refractivity contribution in [3.8, 4) is 0 Å². The van der Waals surface area contributed by atoms with Gasteiger partial charge in [0.2, 0.25) is 0 Å². The molecule has 130 valence electrons. The molecule has 1 saturated carbocycles. The van der Waals surface area contributed by atoms with Crippen molar-refractivity contribution in [2.24, 2.45) is 0 Å². The van der Waals surface area contributed by atoms with Crippen LogP contribution in [0.2, 0.25) is 0 Å². The number of halogens is 1. The molecule has 0 aromatic heterocycles. The summed E-state index contributed by atoms with van der Waals surface area (Å²) in [6, 6.07) is 5.32. The van der Waals surface area contributed by atoms with Crippen LogP contribution in [0.3, 0.4) is 0 Å². The molecule has 8 heteroatoms. The molecule has 1 aromatic carbocycles. The van der Waals surface area contributed by atoms with Gasteiger partial charge in [-0.15, -0.1) is 0 Å². The maximum absolute atomic E-state index is 13.0. The zero-order valence-electron chi connectivity index (χ0n) is 14.2. The molecule has 0 spiro atoms. The van der Waals surface area contributed by atoms with Gasteiger partial charge in [-0.3, -0.25) is 0 Å². The molecule has 2 aliphatic rings. The SMILES string of the molecule is O=C([O-])C1CSCCN1C(=O)NC1CCC(c2ccc(F)cc2)C1.[K+]. The van der Waals surface area contributed by atoms with E-state index in [0.29, 0.717) is 18.2 Å². The molecule has 2 fully saturated rings. The van der Waals surface area contributed by atoms with Gasteiger partial charge >= 0.3 is 57.4 Å². The molecule has 1 aliphatic carbocycles. The fraction of sp³-hybridized carbons (Fsp3) is 0.529. The number of aliphatic carboxylic acids is 1. The van der Waals surface area contributed by atoms with E-state index in [4.69, 9.17) is 0 Å². The molecular weight excluding hydrogens is 370 g/mol. The van der Waals surface area contributed by atoms with Gasteiger partial charge < -0.3 is 20.1 Å². The van der Waals surface area contributed by atoms with Crippen LogP contribution < -0.4 is 61.8 Å². The third-order valence-corrected chi connectivity index (χ3v) is 5.79. The molecule has 0 bridgehead atoms. The molecule has 3 atom stereocenters. The maximum Gasteiger partial charge on any atom is 1.00 e. The smallest absolute Gasteiger partial charge is 0.548 e. The zero-order valence-corrected chi connectivity index (χ0v) is 18.2. The average molecular weight is 391 g/mol. The number of thioether (sulfide) groups is 1. The first-order chi connectivity index (χ1) is 11.5. The Hall–Kier alpha value is -0.124. The summed E-state index contributed by atoms with van der Waals surface area (Å²) < 4.78 is 13.0. The van der Waals surface area contributed by atoms with Crippen LogP contribution in [0.25, 0.3) is 0 Å². The molecule has 1 saturated heterocycles. The number of carboxylic acid groups (broad SMARTS) is 1. The van der Waals surface area contributed by atoms with Gasteiger partial charge in [-0.25, -0.2) is 9.18 Å². The predicted octanol–water partition coefficient (Wildman–Crippen LogP) is -1.66. The zero-order chi connectivity index (χ0) is 17.1. The van der Waals surface area contributed by atoms with Crippen molar-refractivity contribution in [1.82, 2.24) is 10.2 Å². The summed E-state index contributed by atoms with van der Waals surface area (Å²) in [6.45, 7) is 0.420. The summed E-state index contributed by atoms with van der Waals surface area (Å²) in [6.07, 6.45) is 2.55. The van der Waals surface area contributed by atoms with Gasteiger partial charge in [-0.05, 0) is 42.9 Å². The Morgan fingerprint density at radius 1 is 1.24 bits per heavy atom. The van der Waals surface area contributed by atoms with Gasteiger partial charge in [0.25, 0.3) is 0 Å². The van der Waals surface area contributed by atoms with Crippen molar-refractivity contribution >= 4 is 23.8 Å². The molecule has 1 aromatic rings. The quantitative estimate of drug-likeness (QED) is 0.628. The number of carbonyl (C=O) groups excluding carboxylic acids is 2. The third-order valence-electron chi connectivity index (χ3n) is 4.76. The number of benzene rings is 1. The van der Waals surface area contributed by atoms with Crippen molar-refractivity contribution in [3.63, 3.8) is 0 Å². The van der Waals surface area contributed by atoms with Gasteiger partial charge in [0.15, 0.2) is 0 Å². The summed E-state index contributed by atoms with van der Waals surface area (Å²) in [5.41, 5.74) is 1.08. The van der Waals surface area contributed by atoms with Crippen LogP contribution in [0.5, 0.6) is 0 Å². The van der Waals surface area contributed by atoms with Crippen LogP contribution >= 0.6 is 11.8 Å². The minimum atomic E-state index is -1.20. The van der Waals surface area contributed by atoms with Gasteiger partial charge in [-0.1, -0.05) is 12.1 Å². The number of carboxylic acids is 1. The van der Waals surface area contributed by atoms with Crippen molar-refractivity contribution in [2.45, 2.75) is 37.3 Å². The van der Waals surface area contributed by atoms with Crippen LogP contribution in [-0.2, 0) is 4.79 Å². The number of hydrogen-bond acceptors (Lipinski definition) is 4. The van der Waals surface area contributed by atoms with E-state index < -0.39 is 12.0 Å². The number of carbonyl (C=O) groups is 2. The average Bonchev–Trinajstić information content (AvgIpc) is 3.04. The van der Waals surface area contributed by atoms with Gasteiger partial charge in [0.05, 0.1) is 12.0 Å². The van der Waals surface area contributed by atoms with Crippen molar-refractivity contribution in [3.05, 3.63) is 35.6 Å². The molecule has 5 nitrogen and oxygen atoms in total. The van der Waals surface area contributed by atoms with Crippen molar-refractivity contribution < 1.29 is 70.5 Å². The molecule has 3 unspecified atom stereocenters. The molecule has 25 heavy (non-hydrogen) atoms. The summed E-state index contributed by atoms with van der Waals surface area (Å²) in [5, 5.41) is 14.2. The first kappa shape index (κ1) is 21.2. The van der Waals surface area contributed by atoms with E-state index in [1.54, 1.807) is 12.1 Å². The fourth-order valence-corrected chi connectivity index (χ4v) is 4.48. The number of rotatable bonds is 3. The standard InChI is InChI=1S/C17H21FN2O3S.K/c18-13-4-1-11(2-5-13)12-3-6-14(9-12)19-17(23)20-7-8-24-10-15(20)16(21)22;/h1-2,4-5,12,14-15H,3,6-10H2,(H,19,23)(H,21,22);/q;+1/p-1. The van der Waals surface area contributed by atoms with Crippen LogP contribution in [-0.4, -0.2) is 47.0 Å². The third kappa shape index (κ3) is 5.43. The summed E-state index contributed by atoms with van der Waals surface area (Å²) in [7, 11) is 0. The molecular formula is C17H20FKN2O3S. The molecule has 3 rings (SSSR count). The Bertz CT molecular complexity index is 616. The molecule has 1 heterocycles. The van der Waals surface area contributed by atoms with E-state index in [2.05, 4.69) is 5.32 Å². The first-order valence-electron chi connectivity index (χ1n) is 8.16. The Kier molecular flexibility index (Phi) is 8.22. The molecule has 1 N–H and O–H groups in total. The second-order valence-corrected chi connectivity index (χ2v) is 7.46. The summed E-state index contributed by atoms with van der Waals surface area (Å²) >= 11 is 1.52. The normalized spacial score (nSPS) is 26.0. The van der Waals surface area contributed by atoms with E-state index in [0.717, 1.165) is 30.6 Å². The first-order valence-corrected chi connectivity index (χ1v) is 9.31. The Labute approximate surface area is 193 Å². The Morgan fingerprint density at radius 2 is 1.96 bits per heavy atom. The Balaban J connectivity index is 0.00000225. The van der Waals surface area contributed by atoms with Gasteiger partial charge in [-0.2, -0.15) is 11.8 Å². The Morgan fingerprint density at radius 3 is 2.64 bits per heavy atom. The minimum Gasteiger partial charge on any atom is -0.548 e. The van der Waals surface area contributed by atoms with Gasteiger partial charge in [0.1, 0.15) is 5.82 Å². The monoisotopic (exact) mass is 390 g/mol. The minimum absolute atomic E-state index is 0. The summed E-state index contributed by atoms with van der Waals surface area (Å²) in [5.74, 6) is -0.0470. The topological polar surface area (TPSA) is 72.5 Å². The molecule has 0 radical (unpaired) electrons. The van der Waals surface area contributed by atoms with Crippen LogP contribution in [0, 0.1) is 5.82 Å². The fourth-order valence-electron chi connectivity index (χ4n) is 3.45. The molecule has 2 amide bonds. The van der Waals surface area contributed by atoms with Crippen LogP contribution in [0.1, 0.15) is 30.7 Å². The number of nitrogens with one attached hydrogen (secondary N) is 1. The van der Waals surface area contributed by atoms with E-state index in [9.17, 15) is 19.1 Å². The summed E-state index contributed by atoms with van der Waals surface area (Å²) in [4.78, 5) is 25.0. The van der Waals surface area contributed by atoms with Crippen molar-refractivity contribution in [2.75, 3.05) is 18.1 Å². The van der Waals surface area contributed by atoms with E-state index >= 15 is 0 Å². The second kappa shape index (κ2) is 9.71.